The maximum absolute atomic E-state index is 13.4. The summed E-state index contributed by atoms with van der Waals surface area (Å²) in [5.41, 5.74) is -0.745. The van der Waals surface area contributed by atoms with E-state index in [1.54, 1.807) is 0 Å². The van der Waals surface area contributed by atoms with Gasteiger partial charge in [-0.05, 0) is 12.3 Å². The fraction of sp³-hybridized carbons (Fsp3) is 0.400. The normalized spacial score (nSPS) is 11.8. The minimum absolute atomic E-state index is 0.280. The molecule has 0 amide bonds. The predicted molar refractivity (Wildman–Crippen MR) is 71.3 cm³/mol. The largest absolute Gasteiger partial charge is 0.304 e. The number of sulfonamides is 1. The molecule has 0 heterocycles. The van der Waals surface area contributed by atoms with E-state index in [0.717, 1.165) is 16.4 Å². The Morgan fingerprint density at radius 3 is 2.58 bits per heavy atom. The molecule has 1 rings (SSSR count). The molecular weight excluding hydrogens is 295 g/mol. The first-order chi connectivity index (χ1) is 8.80. The van der Waals surface area contributed by atoms with Crippen molar-refractivity contribution in [2.24, 2.45) is 0 Å². The molecule has 1 aromatic carbocycles. The molecule has 19 heavy (non-hydrogen) atoms. The summed E-state index contributed by atoms with van der Waals surface area (Å²) in [6.07, 6.45) is 1.84. The second-order valence-electron chi connectivity index (χ2n) is 3.69. The number of rotatable bonds is 6. The molecule has 0 fully saturated rings. The van der Waals surface area contributed by atoms with Crippen LogP contribution in [0.4, 0.5) is 10.1 Å². The van der Waals surface area contributed by atoms with E-state index in [4.69, 9.17) is 0 Å². The van der Waals surface area contributed by atoms with Crippen LogP contribution in [0.2, 0.25) is 0 Å². The van der Waals surface area contributed by atoms with Gasteiger partial charge in [-0.1, -0.05) is 0 Å². The third-order valence-electron chi connectivity index (χ3n) is 2.43. The Hall–Kier alpha value is -1.19. The van der Waals surface area contributed by atoms with Crippen LogP contribution >= 0.6 is 11.8 Å². The van der Waals surface area contributed by atoms with Gasteiger partial charge < -0.3 is 0 Å². The van der Waals surface area contributed by atoms with E-state index in [2.05, 4.69) is 0 Å². The standard InChI is InChI=1S/C10H13FN2O4S2/c1-12(5-6-18-2)19(16,17)8-3-4-10(13(14)15)9(11)7-8/h3-4,7H,5-6H2,1-2H3. The minimum atomic E-state index is -3.82. The molecule has 0 aromatic heterocycles. The van der Waals surface area contributed by atoms with E-state index in [1.807, 2.05) is 6.26 Å². The topological polar surface area (TPSA) is 80.5 Å². The summed E-state index contributed by atoms with van der Waals surface area (Å²) >= 11 is 1.48. The lowest BCUT2D eigenvalue weighted by Gasteiger charge is -2.16. The van der Waals surface area contributed by atoms with Crippen molar-refractivity contribution in [3.8, 4) is 0 Å². The first-order valence-corrected chi connectivity index (χ1v) is 8.03. The number of halogens is 1. The van der Waals surface area contributed by atoms with Gasteiger partial charge in [0.1, 0.15) is 0 Å². The molecule has 0 spiro atoms. The van der Waals surface area contributed by atoms with E-state index >= 15 is 0 Å². The van der Waals surface area contributed by atoms with Gasteiger partial charge >= 0.3 is 5.69 Å². The molecule has 0 bridgehead atoms. The van der Waals surface area contributed by atoms with Gasteiger partial charge in [0.05, 0.1) is 9.82 Å². The van der Waals surface area contributed by atoms with Crippen LogP contribution < -0.4 is 0 Å². The summed E-state index contributed by atoms with van der Waals surface area (Å²) in [4.78, 5) is 9.27. The summed E-state index contributed by atoms with van der Waals surface area (Å²) in [5.74, 6) is -0.560. The zero-order chi connectivity index (χ0) is 14.6. The summed E-state index contributed by atoms with van der Waals surface area (Å²) in [6, 6.07) is 2.56. The van der Waals surface area contributed by atoms with Crippen molar-refractivity contribution in [1.82, 2.24) is 4.31 Å². The van der Waals surface area contributed by atoms with E-state index < -0.39 is 26.5 Å². The first-order valence-electron chi connectivity index (χ1n) is 5.20. The molecule has 106 valence electrons. The molecule has 1 aromatic rings. The van der Waals surface area contributed by atoms with Crippen molar-refractivity contribution in [2.75, 3.05) is 25.6 Å². The van der Waals surface area contributed by atoms with Crippen LogP contribution in [-0.4, -0.2) is 43.2 Å². The Morgan fingerprint density at radius 2 is 2.11 bits per heavy atom. The second-order valence-corrected chi connectivity index (χ2v) is 6.72. The zero-order valence-corrected chi connectivity index (χ0v) is 12.0. The monoisotopic (exact) mass is 308 g/mol. The summed E-state index contributed by atoms with van der Waals surface area (Å²) in [6.45, 7) is 0.280. The third kappa shape index (κ3) is 3.64. The first kappa shape index (κ1) is 15.9. The molecule has 0 atom stereocenters. The van der Waals surface area contributed by atoms with Crippen molar-refractivity contribution in [2.45, 2.75) is 4.90 Å². The average molecular weight is 308 g/mol. The molecule has 0 radical (unpaired) electrons. The Labute approximate surface area is 114 Å². The second kappa shape index (κ2) is 6.31. The van der Waals surface area contributed by atoms with Gasteiger partial charge in [-0.15, -0.1) is 0 Å². The van der Waals surface area contributed by atoms with Crippen molar-refractivity contribution < 1.29 is 17.7 Å². The van der Waals surface area contributed by atoms with Crippen molar-refractivity contribution in [3.63, 3.8) is 0 Å². The lowest BCUT2D eigenvalue weighted by atomic mass is 10.3. The van der Waals surface area contributed by atoms with Gasteiger partial charge in [-0.3, -0.25) is 10.1 Å². The zero-order valence-electron chi connectivity index (χ0n) is 10.4. The quantitative estimate of drug-likeness (QED) is 0.590. The lowest BCUT2D eigenvalue weighted by Crippen LogP contribution is -2.29. The fourth-order valence-corrected chi connectivity index (χ4v) is 3.07. The van der Waals surface area contributed by atoms with Crippen molar-refractivity contribution in [1.29, 1.82) is 0 Å². The van der Waals surface area contributed by atoms with Crippen LogP contribution in [-0.2, 0) is 10.0 Å². The summed E-state index contributed by atoms with van der Waals surface area (Å²) in [5, 5.41) is 10.5. The highest BCUT2D eigenvalue weighted by Crippen LogP contribution is 2.22. The Kier molecular flexibility index (Phi) is 5.27. The SMILES string of the molecule is CSCCN(C)S(=O)(=O)c1ccc([N+](=O)[O-])c(F)c1. The molecule has 0 unspecified atom stereocenters. The predicted octanol–water partition coefficient (Wildman–Crippen LogP) is 1.72. The number of hydrogen-bond acceptors (Lipinski definition) is 5. The molecule has 9 heteroatoms. The van der Waals surface area contributed by atoms with Crippen LogP contribution in [0.15, 0.2) is 23.1 Å². The smallest absolute Gasteiger partial charge is 0.258 e. The Bertz CT molecular complexity index is 577. The van der Waals surface area contributed by atoms with Crippen LogP contribution in [0.25, 0.3) is 0 Å². The van der Waals surface area contributed by atoms with Crippen LogP contribution in [0.1, 0.15) is 0 Å². The van der Waals surface area contributed by atoms with Gasteiger partial charge in [0.25, 0.3) is 0 Å². The number of nitro groups is 1. The molecule has 0 aliphatic rings. The number of nitro benzene ring substituents is 1. The molecule has 0 saturated heterocycles. The van der Waals surface area contributed by atoms with Gasteiger partial charge in [-0.25, -0.2) is 12.7 Å². The van der Waals surface area contributed by atoms with Crippen LogP contribution in [0.5, 0.6) is 0 Å². The Morgan fingerprint density at radius 1 is 1.47 bits per heavy atom. The summed E-state index contributed by atoms with van der Waals surface area (Å²) < 4.78 is 38.6. The molecule has 0 saturated carbocycles. The van der Waals surface area contributed by atoms with Gasteiger partial charge in [0.2, 0.25) is 15.8 Å². The number of nitrogens with zero attached hydrogens (tertiary/aromatic N) is 2. The maximum atomic E-state index is 13.4. The van der Waals surface area contributed by atoms with Crippen molar-refractivity contribution in [3.05, 3.63) is 34.1 Å². The molecule has 0 aliphatic heterocycles. The average Bonchev–Trinajstić information content (AvgIpc) is 2.35. The van der Waals surface area contributed by atoms with Crippen molar-refractivity contribution >= 4 is 27.5 Å². The van der Waals surface area contributed by atoms with Crippen LogP contribution in [0, 0.1) is 15.9 Å². The van der Waals surface area contributed by atoms with E-state index in [0.29, 0.717) is 11.8 Å². The molecule has 0 aliphatic carbocycles. The third-order valence-corrected chi connectivity index (χ3v) is 4.88. The van der Waals surface area contributed by atoms with Gasteiger partial charge in [0.15, 0.2) is 0 Å². The number of thioether (sulfide) groups is 1. The highest BCUT2D eigenvalue weighted by Gasteiger charge is 2.24. The van der Waals surface area contributed by atoms with Crippen LogP contribution in [0.3, 0.4) is 0 Å². The van der Waals surface area contributed by atoms with Gasteiger partial charge in [-0.2, -0.15) is 16.2 Å². The molecule has 0 N–H and O–H groups in total. The maximum Gasteiger partial charge on any atom is 0.304 e. The number of benzene rings is 1. The van der Waals surface area contributed by atoms with E-state index in [-0.39, 0.29) is 11.4 Å². The Balaban J connectivity index is 3.09. The van der Waals surface area contributed by atoms with E-state index in [9.17, 15) is 22.9 Å². The number of hydrogen-bond donors (Lipinski definition) is 0. The molecular formula is C10H13FN2O4S2. The lowest BCUT2D eigenvalue weighted by molar-refractivity contribution is -0.387. The minimum Gasteiger partial charge on any atom is -0.258 e. The molecule has 6 nitrogen and oxygen atoms in total. The fourth-order valence-electron chi connectivity index (χ4n) is 1.32. The highest BCUT2D eigenvalue weighted by molar-refractivity contribution is 7.98. The summed E-state index contributed by atoms with van der Waals surface area (Å²) in [7, 11) is -2.44. The highest BCUT2D eigenvalue weighted by atomic mass is 32.2. The van der Waals surface area contributed by atoms with E-state index in [1.165, 1.54) is 18.8 Å². The van der Waals surface area contributed by atoms with Gasteiger partial charge in [0, 0.05) is 31.5 Å².